The van der Waals surface area contributed by atoms with Gasteiger partial charge in [0.2, 0.25) is 0 Å². The first kappa shape index (κ1) is 17.6. The van der Waals surface area contributed by atoms with Crippen LogP contribution in [0.2, 0.25) is 5.02 Å². The molecule has 4 rings (SSSR count). The standard InChI is InChI=1S/C20H25ClN4O/c21-18-3-1-15(2-4-18)12-24-8-5-17(13-24)16-6-9-25(10-7-16)20(26)19-11-22-14-23-19/h1-4,11,14,16-17H,5-10,12-13H2,(H,22,23). The van der Waals surface area contributed by atoms with Crippen molar-refractivity contribution in [3.8, 4) is 0 Å². The lowest BCUT2D eigenvalue weighted by molar-refractivity contribution is 0.0653. The summed E-state index contributed by atoms with van der Waals surface area (Å²) in [7, 11) is 0. The number of benzene rings is 1. The van der Waals surface area contributed by atoms with E-state index in [0.717, 1.165) is 49.3 Å². The summed E-state index contributed by atoms with van der Waals surface area (Å²) in [4.78, 5) is 23.8. The van der Waals surface area contributed by atoms with Crippen LogP contribution < -0.4 is 0 Å². The predicted molar refractivity (Wildman–Crippen MR) is 102 cm³/mol. The van der Waals surface area contributed by atoms with Crippen LogP contribution in [0.5, 0.6) is 0 Å². The minimum atomic E-state index is 0.0803. The maximum atomic E-state index is 12.4. The van der Waals surface area contributed by atoms with E-state index >= 15 is 0 Å². The molecule has 1 amide bonds. The van der Waals surface area contributed by atoms with Gasteiger partial charge in [0.05, 0.1) is 12.5 Å². The summed E-state index contributed by atoms with van der Waals surface area (Å²) in [6.07, 6.45) is 6.67. The van der Waals surface area contributed by atoms with E-state index in [1.165, 1.54) is 25.1 Å². The minimum absolute atomic E-state index is 0.0803. The monoisotopic (exact) mass is 372 g/mol. The third kappa shape index (κ3) is 3.94. The van der Waals surface area contributed by atoms with Crippen molar-refractivity contribution in [1.29, 1.82) is 0 Å². The second-order valence-electron chi connectivity index (χ2n) is 7.51. The Hall–Kier alpha value is -1.85. The summed E-state index contributed by atoms with van der Waals surface area (Å²) in [6.45, 7) is 5.06. The molecule has 0 radical (unpaired) electrons. The van der Waals surface area contributed by atoms with Crippen LogP contribution in [0.1, 0.15) is 35.3 Å². The third-order valence-corrected chi connectivity index (χ3v) is 6.10. The van der Waals surface area contributed by atoms with Gasteiger partial charge < -0.3 is 9.88 Å². The SMILES string of the molecule is O=C(c1cnc[nH]1)N1CCC(C2CCN(Cc3ccc(Cl)cc3)C2)CC1. The Kier molecular flexibility index (Phi) is 5.27. The smallest absolute Gasteiger partial charge is 0.271 e. The lowest BCUT2D eigenvalue weighted by Crippen LogP contribution is -2.40. The second kappa shape index (κ2) is 7.80. The number of aromatic nitrogens is 2. The average Bonchev–Trinajstić information content (AvgIpc) is 3.35. The second-order valence-corrected chi connectivity index (χ2v) is 7.94. The van der Waals surface area contributed by atoms with E-state index in [-0.39, 0.29) is 5.91 Å². The maximum Gasteiger partial charge on any atom is 0.271 e. The molecule has 6 heteroatoms. The van der Waals surface area contributed by atoms with Crippen LogP contribution in [0.3, 0.4) is 0 Å². The number of carbonyl (C=O) groups is 1. The van der Waals surface area contributed by atoms with Crippen LogP contribution >= 0.6 is 11.6 Å². The summed E-state index contributed by atoms with van der Waals surface area (Å²) in [5, 5.41) is 0.796. The van der Waals surface area contributed by atoms with Gasteiger partial charge >= 0.3 is 0 Å². The molecule has 1 N–H and O–H groups in total. The van der Waals surface area contributed by atoms with Gasteiger partial charge in [-0.15, -0.1) is 0 Å². The molecule has 1 unspecified atom stereocenters. The Morgan fingerprint density at radius 1 is 1.12 bits per heavy atom. The summed E-state index contributed by atoms with van der Waals surface area (Å²) in [5.74, 6) is 1.57. The fourth-order valence-electron chi connectivity index (χ4n) is 4.36. The van der Waals surface area contributed by atoms with Crippen molar-refractivity contribution in [2.45, 2.75) is 25.8 Å². The highest BCUT2D eigenvalue weighted by atomic mass is 35.5. The molecule has 26 heavy (non-hydrogen) atoms. The first-order valence-electron chi connectivity index (χ1n) is 9.43. The molecule has 0 aliphatic carbocycles. The number of hydrogen-bond donors (Lipinski definition) is 1. The van der Waals surface area contributed by atoms with Crippen molar-refractivity contribution in [3.05, 3.63) is 53.1 Å². The molecule has 138 valence electrons. The molecular weight excluding hydrogens is 348 g/mol. The van der Waals surface area contributed by atoms with Crippen LogP contribution in [-0.4, -0.2) is 51.9 Å². The van der Waals surface area contributed by atoms with Crippen molar-refractivity contribution in [2.75, 3.05) is 26.2 Å². The number of nitrogens with zero attached hydrogens (tertiary/aromatic N) is 3. The van der Waals surface area contributed by atoms with Crippen LogP contribution in [0.4, 0.5) is 0 Å². The minimum Gasteiger partial charge on any atom is -0.341 e. The van der Waals surface area contributed by atoms with Crippen LogP contribution in [0.25, 0.3) is 0 Å². The lowest BCUT2D eigenvalue weighted by atomic mass is 9.83. The van der Waals surface area contributed by atoms with Gasteiger partial charge in [0.15, 0.2) is 0 Å². The van der Waals surface area contributed by atoms with E-state index in [1.54, 1.807) is 12.5 Å². The van der Waals surface area contributed by atoms with Gasteiger partial charge in [-0.3, -0.25) is 9.69 Å². The number of amides is 1. The number of carbonyl (C=O) groups excluding carboxylic acids is 1. The van der Waals surface area contributed by atoms with Crippen LogP contribution in [0, 0.1) is 11.8 Å². The Labute approximate surface area is 159 Å². The van der Waals surface area contributed by atoms with E-state index in [0.29, 0.717) is 5.69 Å². The zero-order valence-electron chi connectivity index (χ0n) is 14.9. The van der Waals surface area contributed by atoms with E-state index in [1.807, 2.05) is 17.0 Å². The number of nitrogens with one attached hydrogen (secondary N) is 1. The molecule has 0 bridgehead atoms. The first-order valence-corrected chi connectivity index (χ1v) is 9.81. The number of halogens is 1. The van der Waals surface area contributed by atoms with Crippen molar-refractivity contribution in [1.82, 2.24) is 19.8 Å². The van der Waals surface area contributed by atoms with Crippen molar-refractivity contribution >= 4 is 17.5 Å². The zero-order valence-corrected chi connectivity index (χ0v) is 15.7. The number of piperidine rings is 1. The molecule has 0 saturated carbocycles. The van der Waals surface area contributed by atoms with E-state index in [2.05, 4.69) is 27.0 Å². The molecule has 1 atom stereocenters. The molecule has 3 heterocycles. The largest absolute Gasteiger partial charge is 0.341 e. The normalized spacial score (nSPS) is 22.0. The van der Waals surface area contributed by atoms with E-state index in [9.17, 15) is 4.79 Å². The quantitative estimate of drug-likeness (QED) is 0.894. The van der Waals surface area contributed by atoms with Gasteiger partial charge in [0, 0.05) is 31.2 Å². The van der Waals surface area contributed by atoms with Crippen molar-refractivity contribution in [2.24, 2.45) is 11.8 Å². The third-order valence-electron chi connectivity index (χ3n) is 5.85. The topological polar surface area (TPSA) is 52.2 Å². The summed E-state index contributed by atoms with van der Waals surface area (Å²) < 4.78 is 0. The van der Waals surface area contributed by atoms with Gasteiger partial charge in [-0.25, -0.2) is 4.98 Å². The fraction of sp³-hybridized carbons (Fsp3) is 0.500. The van der Waals surface area contributed by atoms with Crippen LogP contribution in [-0.2, 0) is 6.54 Å². The van der Waals surface area contributed by atoms with E-state index < -0.39 is 0 Å². The lowest BCUT2D eigenvalue weighted by Gasteiger charge is -2.34. The zero-order chi connectivity index (χ0) is 17.9. The number of rotatable bonds is 4. The predicted octanol–water partition coefficient (Wildman–Crippen LogP) is 3.44. The Morgan fingerprint density at radius 3 is 2.54 bits per heavy atom. The van der Waals surface area contributed by atoms with Gasteiger partial charge in [-0.05, 0) is 55.3 Å². The Bertz CT molecular complexity index is 723. The molecule has 2 saturated heterocycles. The number of imidazole rings is 1. The molecule has 2 aliphatic rings. The van der Waals surface area contributed by atoms with Gasteiger partial charge in [-0.2, -0.15) is 0 Å². The highest BCUT2D eigenvalue weighted by Gasteiger charge is 2.33. The molecular formula is C20H25ClN4O. The molecule has 2 fully saturated rings. The van der Waals surface area contributed by atoms with Gasteiger partial charge in [0.25, 0.3) is 5.91 Å². The number of likely N-dealkylation sites (tertiary alicyclic amines) is 2. The average molecular weight is 373 g/mol. The van der Waals surface area contributed by atoms with Crippen LogP contribution in [0.15, 0.2) is 36.8 Å². The molecule has 5 nitrogen and oxygen atoms in total. The fourth-order valence-corrected chi connectivity index (χ4v) is 4.48. The number of aromatic amines is 1. The number of H-pyrrole nitrogens is 1. The highest BCUT2D eigenvalue weighted by Crippen LogP contribution is 2.32. The molecule has 2 aliphatic heterocycles. The molecule has 0 spiro atoms. The molecule has 1 aromatic carbocycles. The molecule has 1 aromatic heterocycles. The summed E-state index contributed by atoms with van der Waals surface area (Å²) in [5.41, 5.74) is 1.92. The van der Waals surface area contributed by atoms with Crippen molar-refractivity contribution in [3.63, 3.8) is 0 Å². The van der Waals surface area contributed by atoms with Gasteiger partial charge in [0.1, 0.15) is 5.69 Å². The summed E-state index contributed by atoms with van der Waals surface area (Å²) >= 11 is 5.97. The summed E-state index contributed by atoms with van der Waals surface area (Å²) in [6, 6.07) is 8.18. The first-order chi connectivity index (χ1) is 12.7. The number of hydrogen-bond acceptors (Lipinski definition) is 3. The Morgan fingerprint density at radius 2 is 1.85 bits per heavy atom. The van der Waals surface area contributed by atoms with Gasteiger partial charge in [-0.1, -0.05) is 23.7 Å². The van der Waals surface area contributed by atoms with Crippen molar-refractivity contribution < 1.29 is 4.79 Å². The highest BCUT2D eigenvalue weighted by molar-refractivity contribution is 6.30. The maximum absolute atomic E-state index is 12.4. The van der Waals surface area contributed by atoms with E-state index in [4.69, 9.17) is 11.6 Å². The molecule has 2 aromatic rings. The Balaban J connectivity index is 1.26.